The summed E-state index contributed by atoms with van der Waals surface area (Å²) in [4.78, 5) is 0. The standard InChI is InChI=1S/C15H26O2/c1-10-5-6-13(16)15(4)8-7-11(9-12(10)15)14(2,3)17/h11-13,16-17H,1,5-9H2,2-4H3/t11-,12+,13-,15-/m0/s1. The predicted octanol–water partition coefficient (Wildman–Crippen LogP) is 2.89. The second-order valence-corrected chi connectivity index (χ2v) is 6.90. The quantitative estimate of drug-likeness (QED) is 0.690. The Bertz CT molecular complexity index is 315. The topological polar surface area (TPSA) is 40.5 Å². The summed E-state index contributed by atoms with van der Waals surface area (Å²) in [6, 6.07) is 0. The lowest BCUT2D eigenvalue weighted by atomic mass is 9.54. The van der Waals surface area contributed by atoms with Crippen molar-refractivity contribution in [2.45, 2.75) is 64.6 Å². The first-order chi connectivity index (χ1) is 7.75. The highest BCUT2D eigenvalue weighted by Crippen LogP contribution is 2.54. The van der Waals surface area contributed by atoms with Crippen molar-refractivity contribution in [3.05, 3.63) is 12.2 Å². The minimum Gasteiger partial charge on any atom is -0.393 e. The first-order valence-electron chi connectivity index (χ1n) is 6.83. The molecule has 98 valence electrons. The number of rotatable bonds is 1. The minimum absolute atomic E-state index is 0.00289. The van der Waals surface area contributed by atoms with Gasteiger partial charge in [0, 0.05) is 5.41 Å². The third-order valence-corrected chi connectivity index (χ3v) is 5.34. The molecule has 0 bridgehead atoms. The maximum absolute atomic E-state index is 10.3. The van der Waals surface area contributed by atoms with E-state index in [1.807, 2.05) is 13.8 Å². The summed E-state index contributed by atoms with van der Waals surface area (Å²) in [7, 11) is 0. The van der Waals surface area contributed by atoms with E-state index in [0.717, 1.165) is 32.1 Å². The van der Waals surface area contributed by atoms with Crippen LogP contribution in [0.2, 0.25) is 0 Å². The lowest BCUT2D eigenvalue weighted by Gasteiger charge is -2.53. The molecule has 2 nitrogen and oxygen atoms in total. The van der Waals surface area contributed by atoms with Crippen molar-refractivity contribution in [2.24, 2.45) is 17.3 Å². The molecule has 2 aliphatic rings. The third-order valence-electron chi connectivity index (χ3n) is 5.34. The Kier molecular flexibility index (Phi) is 3.16. The summed E-state index contributed by atoms with van der Waals surface area (Å²) in [6.45, 7) is 10.2. The monoisotopic (exact) mass is 238 g/mol. The summed E-state index contributed by atoms with van der Waals surface area (Å²) >= 11 is 0. The van der Waals surface area contributed by atoms with Crippen LogP contribution in [0.25, 0.3) is 0 Å². The molecule has 0 radical (unpaired) electrons. The van der Waals surface area contributed by atoms with Crippen LogP contribution in [0.15, 0.2) is 12.2 Å². The predicted molar refractivity (Wildman–Crippen MR) is 69.6 cm³/mol. The zero-order chi connectivity index (χ0) is 12.8. The van der Waals surface area contributed by atoms with Crippen LogP contribution in [0.3, 0.4) is 0 Å². The maximum atomic E-state index is 10.3. The van der Waals surface area contributed by atoms with Gasteiger partial charge in [-0.15, -0.1) is 0 Å². The molecule has 2 fully saturated rings. The Labute approximate surface area is 105 Å². The molecule has 4 atom stereocenters. The summed E-state index contributed by atoms with van der Waals surface area (Å²) in [6.07, 6.45) is 4.61. The van der Waals surface area contributed by atoms with Gasteiger partial charge in [0.15, 0.2) is 0 Å². The van der Waals surface area contributed by atoms with Gasteiger partial charge in [-0.25, -0.2) is 0 Å². The Morgan fingerprint density at radius 2 is 2.00 bits per heavy atom. The molecule has 0 aromatic heterocycles. The second kappa shape index (κ2) is 4.10. The van der Waals surface area contributed by atoms with Gasteiger partial charge in [-0.05, 0) is 57.8 Å². The highest BCUT2D eigenvalue weighted by atomic mass is 16.3. The van der Waals surface area contributed by atoms with E-state index >= 15 is 0 Å². The maximum Gasteiger partial charge on any atom is 0.0620 e. The minimum atomic E-state index is -0.607. The Hall–Kier alpha value is -0.340. The normalized spacial score (nSPS) is 43.4. The van der Waals surface area contributed by atoms with Crippen LogP contribution in [-0.2, 0) is 0 Å². The van der Waals surface area contributed by atoms with E-state index in [0.29, 0.717) is 11.8 Å². The van der Waals surface area contributed by atoms with E-state index in [2.05, 4.69) is 13.5 Å². The molecular formula is C15H26O2. The molecule has 0 spiro atoms. The summed E-state index contributed by atoms with van der Waals surface area (Å²) in [5.74, 6) is 0.721. The number of fused-ring (bicyclic) bond motifs is 1. The fourth-order valence-corrected chi connectivity index (χ4v) is 3.83. The van der Waals surface area contributed by atoms with Gasteiger partial charge in [0.25, 0.3) is 0 Å². The molecule has 0 heterocycles. The van der Waals surface area contributed by atoms with Crippen LogP contribution in [0.1, 0.15) is 52.9 Å². The van der Waals surface area contributed by atoms with Crippen LogP contribution >= 0.6 is 0 Å². The number of hydrogen-bond donors (Lipinski definition) is 2. The molecule has 2 aliphatic carbocycles. The van der Waals surface area contributed by atoms with Crippen molar-refractivity contribution >= 4 is 0 Å². The molecule has 0 amide bonds. The van der Waals surface area contributed by atoms with Gasteiger partial charge in [0.05, 0.1) is 11.7 Å². The van der Waals surface area contributed by atoms with Crippen molar-refractivity contribution in [3.8, 4) is 0 Å². The van der Waals surface area contributed by atoms with E-state index in [4.69, 9.17) is 0 Å². The molecule has 0 aliphatic heterocycles. The largest absolute Gasteiger partial charge is 0.393 e. The second-order valence-electron chi connectivity index (χ2n) is 6.90. The average Bonchev–Trinajstić information content (AvgIpc) is 2.22. The van der Waals surface area contributed by atoms with Gasteiger partial charge in [0.2, 0.25) is 0 Å². The van der Waals surface area contributed by atoms with Crippen molar-refractivity contribution in [1.29, 1.82) is 0 Å². The molecule has 2 heteroatoms. The van der Waals surface area contributed by atoms with Crippen molar-refractivity contribution in [3.63, 3.8) is 0 Å². The van der Waals surface area contributed by atoms with Gasteiger partial charge >= 0.3 is 0 Å². The SMILES string of the molecule is C=C1CC[C@H](O)[C@@]2(C)CC[C@H](C(C)(C)O)C[C@H]12. The average molecular weight is 238 g/mol. The van der Waals surface area contributed by atoms with Crippen molar-refractivity contribution in [2.75, 3.05) is 0 Å². The van der Waals surface area contributed by atoms with Crippen LogP contribution in [0.5, 0.6) is 0 Å². The van der Waals surface area contributed by atoms with E-state index < -0.39 is 5.60 Å². The van der Waals surface area contributed by atoms with Crippen LogP contribution < -0.4 is 0 Å². The van der Waals surface area contributed by atoms with Gasteiger partial charge < -0.3 is 10.2 Å². The number of allylic oxidation sites excluding steroid dienone is 1. The zero-order valence-corrected chi connectivity index (χ0v) is 11.4. The van der Waals surface area contributed by atoms with E-state index in [-0.39, 0.29) is 11.5 Å². The zero-order valence-electron chi connectivity index (χ0n) is 11.4. The van der Waals surface area contributed by atoms with E-state index in [1.165, 1.54) is 5.57 Å². The molecule has 2 saturated carbocycles. The molecule has 2 N–H and O–H groups in total. The molecule has 0 saturated heterocycles. The van der Waals surface area contributed by atoms with Crippen molar-refractivity contribution in [1.82, 2.24) is 0 Å². The third kappa shape index (κ3) is 2.17. The lowest BCUT2D eigenvalue weighted by Crippen LogP contribution is -2.50. The molecule has 2 rings (SSSR count). The smallest absolute Gasteiger partial charge is 0.0620 e. The fraction of sp³-hybridized carbons (Fsp3) is 0.867. The lowest BCUT2D eigenvalue weighted by molar-refractivity contribution is -0.0887. The first-order valence-corrected chi connectivity index (χ1v) is 6.83. The van der Waals surface area contributed by atoms with Gasteiger partial charge in [-0.2, -0.15) is 0 Å². The Balaban J connectivity index is 2.21. The van der Waals surface area contributed by atoms with Crippen molar-refractivity contribution < 1.29 is 10.2 Å². The number of aliphatic hydroxyl groups excluding tert-OH is 1. The summed E-state index contributed by atoms with van der Waals surface area (Å²) in [5.41, 5.74) is 0.674. The number of aliphatic hydroxyl groups is 2. The highest BCUT2D eigenvalue weighted by molar-refractivity contribution is 5.15. The van der Waals surface area contributed by atoms with Crippen LogP contribution in [-0.4, -0.2) is 21.9 Å². The van der Waals surface area contributed by atoms with Gasteiger partial charge in [-0.1, -0.05) is 19.1 Å². The van der Waals surface area contributed by atoms with E-state index in [1.54, 1.807) is 0 Å². The molecule has 0 unspecified atom stereocenters. The summed E-state index contributed by atoms with van der Waals surface area (Å²) in [5, 5.41) is 20.4. The van der Waals surface area contributed by atoms with Gasteiger partial charge in [0.1, 0.15) is 0 Å². The molecule has 0 aromatic carbocycles. The Morgan fingerprint density at radius 1 is 1.35 bits per heavy atom. The molecular weight excluding hydrogens is 212 g/mol. The van der Waals surface area contributed by atoms with E-state index in [9.17, 15) is 10.2 Å². The van der Waals surface area contributed by atoms with Crippen LogP contribution in [0.4, 0.5) is 0 Å². The summed E-state index contributed by atoms with van der Waals surface area (Å²) < 4.78 is 0. The molecule has 0 aromatic rings. The van der Waals surface area contributed by atoms with Gasteiger partial charge in [-0.3, -0.25) is 0 Å². The Morgan fingerprint density at radius 3 is 2.59 bits per heavy atom. The highest BCUT2D eigenvalue weighted by Gasteiger charge is 2.50. The fourth-order valence-electron chi connectivity index (χ4n) is 3.83. The number of hydrogen-bond acceptors (Lipinski definition) is 2. The molecule has 17 heavy (non-hydrogen) atoms. The first kappa shape index (κ1) is 13.1. The van der Waals surface area contributed by atoms with Crippen LogP contribution in [0, 0.1) is 17.3 Å².